The highest BCUT2D eigenvalue weighted by atomic mass is 79.9. The van der Waals surface area contributed by atoms with E-state index in [1.807, 2.05) is 12.1 Å². The molecule has 0 spiro atoms. The molecule has 0 heterocycles. The first-order valence-corrected chi connectivity index (χ1v) is 6.75. The van der Waals surface area contributed by atoms with Gasteiger partial charge in [0.05, 0.1) is 11.3 Å². The number of rotatable bonds is 4. The van der Waals surface area contributed by atoms with E-state index in [4.69, 9.17) is 10.4 Å². The largest absolute Gasteiger partial charge is 0.396 e. The van der Waals surface area contributed by atoms with Gasteiger partial charge in [0.15, 0.2) is 0 Å². The average molecular weight is 311 g/mol. The van der Waals surface area contributed by atoms with E-state index in [0.717, 1.165) is 10.2 Å². The van der Waals surface area contributed by atoms with Gasteiger partial charge in [0.2, 0.25) is 0 Å². The van der Waals surface area contributed by atoms with Crippen molar-refractivity contribution < 1.29 is 5.11 Å². The summed E-state index contributed by atoms with van der Waals surface area (Å²) in [5, 5.41) is 21.6. The van der Waals surface area contributed by atoms with Crippen molar-refractivity contribution in [2.24, 2.45) is 5.41 Å². The molecule has 0 saturated heterocycles. The molecule has 4 heteroatoms. The van der Waals surface area contributed by atoms with E-state index < -0.39 is 0 Å². The maximum Gasteiger partial charge on any atom is 0.101 e. The lowest BCUT2D eigenvalue weighted by Crippen LogP contribution is -2.35. The summed E-state index contributed by atoms with van der Waals surface area (Å²) in [4.78, 5) is 0. The first kappa shape index (κ1) is 15.0. The Balaban J connectivity index is 2.98. The van der Waals surface area contributed by atoms with E-state index in [0.29, 0.717) is 12.0 Å². The highest BCUT2D eigenvalue weighted by molar-refractivity contribution is 9.10. The zero-order valence-electron chi connectivity index (χ0n) is 11.0. The van der Waals surface area contributed by atoms with E-state index in [-0.39, 0.29) is 18.1 Å². The predicted molar refractivity (Wildman–Crippen MR) is 77.4 cm³/mol. The fourth-order valence-corrected chi connectivity index (χ4v) is 2.13. The second kappa shape index (κ2) is 6.21. The minimum atomic E-state index is 0.0164. The normalized spacial score (nSPS) is 12.9. The Hall–Kier alpha value is -1.05. The van der Waals surface area contributed by atoms with Gasteiger partial charge in [-0.2, -0.15) is 5.26 Å². The molecule has 1 unspecified atom stereocenters. The van der Waals surface area contributed by atoms with Gasteiger partial charge in [0.25, 0.3) is 0 Å². The Labute approximate surface area is 117 Å². The van der Waals surface area contributed by atoms with Crippen LogP contribution in [-0.2, 0) is 0 Å². The van der Waals surface area contributed by atoms with Crippen molar-refractivity contribution in [1.29, 1.82) is 5.26 Å². The van der Waals surface area contributed by atoms with Crippen LogP contribution in [0.4, 0.5) is 5.69 Å². The number of hydrogen-bond donors (Lipinski definition) is 2. The van der Waals surface area contributed by atoms with E-state index in [2.05, 4.69) is 48.1 Å². The Bertz CT molecular complexity index is 446. The number of aliphatic hydroxyl groups excluding tert-OH is 1. The van der Waals surface area contributed by atoms with Gasteiger partial charge in [0.1, 0.15) is 6.07 Å². The number of aliphatic hydroxyl groups is 1. The quantitative estimate of drug-likeness (QED) is 0.894. The lowest BCUT2D eigenvalue weighted by molar-refractivity contribution is 0.235. The van der Waals surface area contributed by atoms with Crippen molar-refractivity contribution in [1.82, 2.24) is 0 Å². The lowest BCUT2D eigenvalue weighted by atomic mass is 9.84. The molecule has 0 saturated carbocycles. The lowest BCUT2D eigenvalue weighted by Gasteiger charge is -2.32. The van der Waals surface area contributed by atoms with E-state index in [1.54, 1.807) is 6.07 Å². The molecular formula is C14H19BrN2O. The minimum absolute atomic E-state index is 0.0164. The third-order valence-electron chi connectivity index (χ3n) is 2.89. The Morgan fingerprint density at radius 2 is 2.11 bits per heavy atom. The van der Waals surface area contributed by atoms with Gasteiger partial charge in [-0.3, -0.25) is 0 Å². The summed E-state index contributed by atoms with van der Waals surface area (Å²) >= 11 is 3.35. The third-order valence-corrected chi connectivity index (χ3v) is 3.39. The standard InChI is InChI=1S/C14H19BrN2O/c1-14(2,3)13(6-7-18)17-12-5-4-11(15)8-10(12)9-16/h4-5,8,13,17-18H,6-7H2,1-3H3. The number of anilines is 1. The van der Waals surface area contributed by atoms with Crippen LogP contribution >= 0.6 is 15.9 Å². The van der Waals surface area contributed by atoms with Crippen molar-refractivity contribution in [2.45, 2.75) is 33.2 Å². The molecule has 2 N–H and O–H groups in total. The Kier molecular flexibility index (Phi) is 5.18. The van der Waals surface area contributed by atoms with Gasteiger partial charge >= 0.3 is 0 Å². The molecule has 0 aliphatic carbocycles. The molecule has 0 aromatic heterocycles. The molecule has 0 amide bonds. The first-order chi connectivity index (χ1) is 8.38. The van der Waals surface area contributed by atoms with Crippen LogP contribution in [0.5, 0.6) is 0 Å². The highest BCUT2D eigenvalue weighted by Crippen LogP contribution is 2.28. The fraction of sp³-hybridized carbons (Fsp3) is 0.500. The van der Waals surface area contributed by atoms with Gasteiger partial charge in [-0.05, 0) is 30.0 Å². The fourth-order valence-electron chi connectivity index (χ4n) is 1.77. The second-order valence-corrected chi connectivity index (χ2v) is 6.29. The molecule has 98 valence electrons. The molecule has 3 nitrogen and oxygen atoms in total. The average Bonchev–Trinajstić information content (AvgIpc) is 2.29. The van der Waals surface area contributed by atoms with E-state index >= 15 is 0 Å². The smallest absolute Gasteiger partial charge is 0.101 e. The summed E-state index contributed by atoms with van der Waals surface area (Å²) in [6.07, 6.45) is 0.657. The number of nitriles is 1. The minimum Gasteiger partial charge on any atom is -0.396 e. The molecule has 0 radical (unpaired) electrons. The first-order valence-electron chi connectivity index (χ1n) is 5.95. The zero-order chi connectivity index (χ0) is 13.8. The number of halogens is 1. The number of benzene rings is 1. The summed E-state index contributed by atoms with van der Waals surface area (Å²) in [5.41, 5.74) is 1.44. The van der Waals surface area contributed by atoms with Crippen LogP contribution in [0.15, 0.2) is 22.7 Å². The van der Waals surface area contributed by atoms with Gasteiger partial charge < -0.3 is 10.4 Å². The molecule has 1 aromatic carbocycles. The van der Waals surface area contributed by atoms with Gasteiger partial charge in [-0.15, -0.1) is 0 Å². The van der Waals surface area contributed by atoms with Crippen LogP contribution in [0.3, 0.4) is 0 Å². The number of nitrogens with one attached hydrogen (secondary N) is 1. The van der Waals surface area contributed by atoms with Crippen LogP contribution in [-0.4, -0.2) is 17.8 Å². The van der Waals surface area contributed by atoms with Crippen molar-refractivity contribution in [3.8, 4) is 6.07 Å². The van der Waals surface area contributed by atoms with Crippen LogP contribution in [0, 0.1) is 16.7 Å². The van der Waals surface area contributed by atoms with Gasteiger partial charge in [-0.1, -0.05) is 36.7 Å². The van der Waals surface area contributed by atoms with E-state index in [1.165, 1.54) is 0 Å². The maximum atomic E-state index is 9.14. The summed E-state index contributed by atoms with van der Waals surface area (Å²) in [7, 11) is 0. The zero-order valence-corrected chi connectivity index (χ0v) is 12.6. The number of nitrogens with zero attached hydrogens (tertiary/aromatic N) is 1. The monoisotopic (exact) mass is 310 g/mol. The van der Waals surface area contributed by atoms with Gasteiger partial charge in [0, 0.05) is 17.1 Å². The SMILES string of the molecule is CC(C)(C)C(CCO)Nc1ccc(Br)cc1C#N. The summed E-state index contributed by atoms with van der Waals surface area (Å²) in [6.45, 7) is 6.48. The molecule has 18 heavy (non-hydrogen) atoms. The summed E-state index contributed by atoms with van der Waals surface area (Å²) in [6, 6.07) is 7.89. The Morgan fingerprint density at radius 3 is 2.61 bits per heavy atom. The molecular weight excluding hydrogens is 292 g/mol. The molecule has 0 bridgehead atoms. The van der Waals surface area contributed by atoms with E-state index in [9.17, 15) is 0 Å². The predicted octanol–water partition coefficient (Wildman–Crippen LogP) is 3.53. The molecule has 1 aromatic rings. The third kappa shape index (κ3) is 4.01. The molecule has 0 aliphatic heterocycles. The topological polar surface area (TPSA) is 56.0 Å². The number of hydrogen-bond acceptors (Lipinski definition) is 3. The van der Waals surface area contributed by atoms with Crippen molar-refractivity contribution in [2.75, 3.05) is 11.9 Å². The van der Waals surface area contributed by atoms with Gasteiger partial charge in [-0.25, -0.2) is 0 Å². The van der Waals surface area contributed by atoms with Crippen molar-refractivity contribution >= 4 is 21.6 Å². The molecule has 1 atom stereocenters. The summed E-state index contributed by atoms with van der Waals surface area (Å²) < 4.78 is 0.888. The molecule has 1 rings (SSSR count). The van der Waals surface area contributed by atoms with Crippen LogP contribution in [0.25, 0.3) is 0 Å². The van der Waals surface area contributed by atoms with Crippen molar-refractivity contribution in [3.63, 3.8) is 0 Å². The van der Waals surface area contributed by atoms with Crippen LogP contribution in [0.2, 0.25) is 0 Å². The molecule has 0 fully saturated rings. The second-order valence-electron chi connectivity index (χ2n) is 5.38. The van der Waals surface area contributed by atoms with Crippen molar-refractivity contribution in [3.05, 3.63) is 28.2 Å². The Morgan fingerprint density at radius 1 is 1.44 bits per heavy atom. The van der Waals surface area contributed by atoms with Crippen LogP contribution < -0.4 is 5.32 Å². The van der Waals surface area contributed by atoms with Crippen LogP contribution in [0.1, 0.15) is 32.8 Å². The maximum absolute atomic E-state index is 9.14. The molecule has 0 aliphatic rings. The summed E-state index contributed by atoms with van der Waals surface area (Å²) in [5.74, 6) is 0. The highest BCUT2D eigenvalue weighted by Gasteiger charge is 2.24.